The number of nitrogens with one attached hydrogen (secondary N) is 2. The molecule has 2 rings (SSSR count). The molecule has 1 saturated carbocycles. The van der Waals surface area contributed by atoms with E-state index in [9.17, 15) is 4.21 Å². The number of hydrogen-bond acceptors (Lipinski definition) is 3. The van der Waals surface area contributed by atoms with Gasteiger partial charge in [0.05, 0.1) is 0 Å². The van der Waals surface area contributed by atoms with Gasteiger partial charge >= 0.3 is 0 Å². The Morgan fingerprint density at radius 3 is 2.78 bits per heavy atom. The van der Waals surface area contributed by atoms with Crippen LogP contribution in [0.3, 0.4) is 0 Å². The number of hydrogen-bond donors (Lipinski definition) is 2. The van der Waals surface area contributed by atoms with Gasteiger partial charge in [0, 0.05) is 40.9 Å². The van der Waals surface area contributed by atoms with Crippen LogP contribution in [0.15, 0.2) is 0 Å². The Labute approximate surface area is 114 Å². The van der Waals surface area contributed by atoms with Crippen LogP contribution in [-0.2, 0) is 10.8 Å². The molecule has 0 bridgehead atoms. The first kappa shape index (κ1) is 14.5. The average molecular weight is 272 g/mol. The summed E-state index contributed by atoms with van der Waals surface area (Å²) >= 11 is 0. The summed E-state index contributed by atoms with van der Waals surface area (Å²) in [7, 11) is -0.690. The lowest BCUT2D eigenvalue weighted by molar-refractivity contribution is 0.251. The first-order chi connectivity index (χ1) is 8.66. The molecular weight excluding hydrogens is 244 g/mol. The standard InChI is InChI=1S/C14H28N2OS/c1-11(10-18(2)17)16-14-8-5-6-12(14)13-7-3-4-9-15-13/h11-16H,3-10H2,1-2H3. The highest BCUT2D eigenvalue weighted by molar-refractivity contribution is 7.84. The summed E-state index contributed by atoms with van der Waals surface area (Å²) in [5, 5.41) is 7.43. The highest BCUT2D eigenvalue weighted by Gasteiger charge is 2.34. The topological polar surface area (TPSA) is 41.1 Å². The normalized spacial score (nSPS) is 36.4. The lowest BCUT2D eigenvalue weighted by Crippen LogP contribution is -2.49. The van der Waals surface area contributed by atoms with Crippen molar-refractivity contribution in [3.8, 4) is 0 Å². The molecule has 0 radical (unpaired) electrons. The fraction of sp³-hybridized carbons (Fsp3) is 1.00. The van der Waals surface area contributed by atoms with E-state index >= 15 is 0 Å². The summed E-state index contributed by atoms with van der Waals surface area (Å²) in [5.74, 6) is 1.57. The first-order valence-corrected chi connectivity index (χ1v) is 9.19. The molecule has 18 heavy (non-hydrogen) atoms. The molecule has 2 N–H and O–H groups in total. The molecule has 1 saturated heterocycles. The van der Waals surface area contributed by atoms with E-state index in [1.165, 1.54) is 45.1 Å². The number of piperidine rings is 1. The van der Waals surface area contributed by atoms with Crippen molar-refractivity contribution in [2.45, 2.75) is 63.6 Å². The van der Waals surface area contributed by atoms with Crippen molar-refractivity contribution in [1.82, 2.24) is 10.6 Å². The van der Waals surface area contributed by atoms with E-state index in [2.05, 4.69) is 17.6 Å². The van der Waals surface area contributed by atoms with Gasteiger partial charge in [0.25, 0.3) is 0 Å². The Hall–Kier alpha value is 0.0700. The molecule has 1 aliphatic heterocycles. The molecule has 0 amide bonds. The molecule has 1 aliphatic carbocycles. The van der Waals surface area contributed by atoms with Crippen LogP contribution in [0.1, 0.15) is 45.4 Å². The van der Waals surface area contributed by atoms with Crippen molar-refractivity contribution in [3.05, 3.63) is 0 Å². The largest absolute Gasteiger partial charge is 0.314 e. The van der Waals surface area contributed by atoms with Crippen LogP contribution >= 0.6 is 0 Å². The van der Waals surface area contributed by atoms with Gasteiger partial charge in [-0.25, -0.2) is 0 Å². The van der Waals surface area contributed by atoms with Gasteiger partial charge in [-0.2, -0.15) is 0 Å². The summed E-state index contributed by atoms with van der Waals surface area (Å²) in [4.78, 5) is 0. The van der Waals surface area contributed by atoms with Gasteiger partial charge in [0.2, 0.25) is 0 Å². The molecule has 4 heteroatoms. The van der Waals surface area contributed by atoms with Crippen LogP contribution in [-0.4, -0.2) is 40.9 Å². The molecule has 0 spiro atoms. The van der Waals surface area contributed by atoms with Gasteiger partial charge in [0.1, 0.15) is 0 Å². The smallest absolute Gasteiger partial charge is 0.0383 e. The fourth-order valence-corrected chi connectivity index (χ4v) is 4.49. The molecule has 5 atom stereocenters. The average Bonchev–Trinajstić information content (AvgIpc) is 2.77. The van der Waals surface area contributed by atoms with E-state index in [0.717, 1.165) is 17.7 Å². The predicted octanol–water partition coefficient (Wildman–Crippen LogP) is 1.65. The van der Waals surface area contributed by atoms with Crippen molar-refractivity contribution in [3.63, 3.8) is 0 Å². The van der Waals surface area contributed by atoms with Gasteiger partial charge < -0.3 is 10.6 Å². The Morgan fingerprint density at radius 2 is 2.11 bits per heavy atom. The molecule has 0 aromatic heterocycles. The van der Waals surface area contributed by atoms with Crippen molar-refractivity contribution in [2.75, 3.05) is 18.6 Å². The lowest BCUT2D eigenvalue weighted by Gasteiger charge is -2.34. The minimum absolute atomic E-state index is 0.380. The minimum atomic E-state index is -0.690. The van der Waals surface area contributed by atoms with Gasteiger partial charge in [-0.15, -0.1) is 0 Å². The molecule has 2 fully saturated rings. The van der Waals surface area contributed by atoms with Crippen molar-refractivity contribution in [1.29, 1.82) is 0 Å². The van der Waals surface area contributed by atoms with Crippen molar-refractivity contribution >= 4 is 10.8 Å². The van der Waals surface area contributed by atoms with E-state index in [0.29, 0.717) is 12.1 Å². The predicted molar refractivity (Wildman–Crippen MR) is 78.3 cm³/mol. The van der Waals surface area contributed by atoms with Crippen molar-refractivity contribution < 1.29 is 4.21 Å². The summed E-state index contributed by atoms with van der Waals surface area (Å²) in [6.45, 7) is 3.37. The van der Waals surface area contributed by atoms with Crippen LogP contribution in [0.5, 0.6) is 0 Å². The van der Waals surface area contributed by atoms with Crippen LogP contribution in [0, 0.1) is 5.92 Å². The van der Waals surface area contributed by atoms with E-state index in [-0.39, 0.29) is 0 Å². The highest BCUT2D eigenvalue weighted by Crippen LogP contribution is 2.31. The maximum absolute atomic E-state index is 11.3. The summed E-state index contributed by atoms with van der Waals surface area (Å²) < 4.78 is 11.3. The zero-order chi connectivity index (χ0) is 13.0. The molecule has 106 valence electrons. The van der Waals surface area contributed by atoms with Gasteiger partial charge in [0.15, 0.2) is 0 Å². The second-order valence-corrected chi connectivity index (χ2v) is 7.54. The van der Waals surface area contributed by atoms with E-state index < -0.39 is 10.8 Å². The molecule has 3 nitrogen and oxygen atoms in total. The molecule has 2 aliphatic rings. The second kappa shape index (κ2) is 7.01. The van der Waals surface area contributed by atoms with Crippen molar-refractivity contribution in [2.24, 2.45) is 5.92 Å². The van der Waals surface area contributed by atoms with Gasteiger partial charge in [-0.05, 0) is 45.1 Å². The monoisotopic (exact) mass is 272 g/mol. The SMILES string of the molecule is CC(CS(C)=O)NC1CCCC1C1CCCCN1. The fourth-order valence-electron chi connectivity index (χ4n) is 3.69. The van der Waals surface area contributed by atoms with Gasteiger partial charge in [-0.1, -0.05) is 12.8 Å². The quantitative estimate of drug-likeness (QED) is 0.800. The van der Waals surface area contributed by atoms with Gasteiger partial charge in [-0.3, -0.25) is 4.21 Å². The Balaban J connectivity index is 1.84. The molecule has 5 unspecified atom stereocenters. The van der Waals surface area contributed by atoms with Crippen LogP contribution in [0.4, 0.5) is 0 Å². The molecule has 0 aromatic rings. The van der Waals surface area contributed by atoms with E-state index in [1.807, 2.05) is 0 Å². The van der Waals surface area contributed by atoms with Crippen LogP contribution < -0.4 is 10.6 Å². The third-order valence-electron chi connectivity index (χ3n) is 4.42. The van der Waals surface area contributed by atoms with Crippen LogP contribution in [0.2, 0.25) is 0 Å². The van der Waals surface area contributed by atoms with E-state index in [1.54, 1.807) is 6.26 Å². The maximum Gasteiger partial charge on any atom is 0.0383 e. The zero-order valence-electron chi connectivity index (χ0n) is 11.8. The molecule has 0 aromatic carbocycles. The Kier molecular flexibility index (Phi) is 5.64. The summed E-state index contributed by atoms with van der Waals surface area (Å²) in [5.41, 5.74) is 0. The molecule has 1 heterocycles. The second-order valence-electron chi connectivity index (χ2n) is 6.07. The zero-order valence-corrected chi connectivity index (χ0v) is 12.6. The van der Waals surface area contributed by atoms with Crippen LogP contribution in [0.25, 0.3) is 0 Å². The van der Waals surface area contributed by atoms with E-state index in [4.69, 9.17) is 0 Å². The summed E-state index contributed by atoms with van der Waals surface area (Å²) in [6.07, 6.45) is 9.87. The number of rotatable bonds is 5. The lowest BCUT2D eigenvalue weighted by atomic mass is 9.88. The minimum Gasteiger partial charge on any atom is -0.314 e. The molecular formula is C14H28N2OS. The Bertz CT molecular complexity index is 279. The Morgan fingerprint density at radius 1 is 1.28 bits per heavy atom. The third-order valence-corrected chi connectivity index (χ3v) is 5.39. The third kappa shape index (κ3) is 4.04. The maximum atomic E-state index is 11.3. The highest BCUT2D eigenvalue weighted by atomic mass is 32.2. The first-order valence-electron chi connectivity index (χ1n) is 7.46. The summed E-state index contributed by atoms with van der Waals surface area (Å²) in [6, 6.07) is 1.74.